The molecule has 0 spiro atoms. The smallest absolute Gasteiger partial charge is 0.206 e. The minimum atomic E-state index is -4.06. The van der Waals surface area contributed by atoms with Crippen LogP contribution in [0, 0.1) is 6.92 Å². The Morgan fingerprint density at radius 3 is 1.75 bits per heavy atom. The van der Waals surface area contributed by atoms with E-state index in [1.807, 2.05) is 6.92 Å². The first-order valence-electron chi connectivity index (χ1n) is 8.20. The monoisotopic (exact) mass is 434 g/mol. The molecule has 0 fully saturated rings. The fraction of sp³-hybridized carbons (Fsp3) is 0.0526. The minimum absolute atomic E-state index is 0.00137. The zero-order valence-electron chi connectivity index (χ0n) is 14.9. The number of rotatable bonds is 6. The van der Waals surface area contributed by atoms with Crippen molar-refractivity contribution in [3.05, 3.63) is 90.5 Å². The average molecular weight is 435 g/mol. The van der Waals surface area contributed by atoms with Crippen LogP contribution in [0.2, 0.25) is 0 Å². The molecule has 0 heterocycles. The average Bonchev–Trinajstić information content (AvgIpc) is 2.69. The molecular formula is C19H18N2O4S3. The highest BCUT2D eigenvalue weighted by atomic mass is 32.3. The Balaban J connectivity index is 2.10. The molecule has 146 valence electrons. The first-order chi connectivity index (χ1) is 13.3. The minimum Gasteiger partial charge on any atom is -0.206 e. The maximum absolute atomic E-state index is 12.7. The van der Waals surface area contributed by atoms with E-state index in [4.69, 9.17) is 0 Å². The highest BCUT2D eigenvalue weighted by Gasteiger charge is 2.20. The lowest BCUT2D eigenvalue weighted by molar-refractivity contribution is 0.594. The topological polar surface area (TPSA) is 92.7 Å². The van der Waals surface area contributed by atoms with Gasteiger partial charge in [-0.15, -0.1) is 7.90 Å². The molecule has 3 aromatic rings. The number of benzene rings is 3. The van der Waals surface area contributed by atoms with Gasteiger partial charge in [0.15, 0.2) is 0 Å². The van der Waals surface area contributed by atoms with Gasteiger partial charge >= 0.3 is 0 Å². The van der Waals surface area contributed by atoms with Gasteiger partial charge in [-0.25, -0.2) is 8.42 Å². The normalized spacial score (nSPS) is 13.3. The molecule has 0 saturated heterocycles. The van der Waals surface area contributed by atoms with Gasteiger partial charge in [0.05, 0.1) is 9.79 Å². The number of aryl methyl sites for hydroxylation is 1. The number of nitrogens with zero attached hydrogens (tertiary/aromatic N) is 1. The SMILES string of the molecule is Cc1ccc(S(=NS(=O)(=O)c2ccccc2)NS(=O)(=O)c2ccccc2)cc1. The van der Waals surface area contributed by atoms with Gasteiger partial charge in [0.25, 0.3) is 20.0 Å². The van der Waals surface area contributed by atoms with E-state index in [1.54, 1.807) is 60.7 Å². The summed E-state index contributed by atoms with van der Waals surface area (Å²) in [5.41, 5.74) is 0.962. The second-order valence-electron chi connectivity index (χ2n) is 5.86. The third kappa shape index (κ3) is 4.93. The summed E-state index contributed by atoms with van der Waals surface area (Å²) in [5, 5.41) is 0. The Labute approximate surface area is 167 Å². The van der Waals surface area contributed by atoms with Crippen molar-refractivity contribution in [3.8, 4) is 0 Å². The number of sulfonamides is 2. The third-order valence-corrected chi connectivity index (χ3v) is 9.07. The van der Waals surface area contributed by atoms with Gasteiger partial charge in [0.1, 0.15) is 0 Å². The second kappa shape index (κ2) is 8.36. The van der Waals surface area contributed by atoms with Gasteiger partial charge in [-0.2, -0.15) is 8.42 Å². The Kier molecular flexibility index (Phi) is 6.09. The molecule has 1 atom stereocenters. The molecule has 0 aliphatic rings. The summed E-state index contributed by atoms with van der Waals surface area (Å²) in [7, 11) is -9.67. The summed E-state index contributed by atoms with van der Waals surface area (Å²) in [6.07, 6.45) is 0. The van der Waals surface area contributed by atoms with Crippen molar-refractivity contribution in [2.75, 3.05) is 0 Å². The highest BCUT2D eigenvalue weighted by Crippen LogP contribution is 2.18. The molecular weight excluding hydrogens is 416 g/mol. The molecule has 3 aromatic carbocycles. The molecule has 0 aromatic heterocycles. The van der Waals surface area contributed by atoms with Crippen LogP contribution in [0.3, 0.4) is 0 Å². The molecule has 0 aliphatic carbocycles. The lowest BCUT2D eigenvalue weighted by atomic mass is 10.2. The lowest BCUT2D eigenvalue weighted by Gasteiger charge is -2.12. The van der Waals surface area contributed by atoms with Crippen molar-refractivity contribution in [2.24, 2.45) is 3.77 Å². The molecule has 1 N–H and O–H groups in total. The van der Waals surface area contributed by atoms with E-state index >= 15 is 0 Å². The van der Waals surface area contributed by atoms with E-state index in [0.717, 1.165) is 5.56 Å². The van der Waals surface area contributed by atoms with Crippen LogP contribution in [0.4, 0.5) is 0 Å². The van der Waals surface area contributed by atoms with E-state index in [1.165, 1.54) is 24.3 Å². The van der Waals surface area contributed by atoms with Crippen LogP contribution in [-0.2, 0) is 30.9 Å². The van der Waals surface area contributed by atoms with Crippen LogP contribution in [0.5, 0.6) is 0 Å². The van der Waals surface area contributed by atoms with Gasteiger partial charge < -0.3 is 0 Å². The number of hydrogen-bond donors (Lipinski definition) is 1. The number of nitrogens with one attached hydrogen (secondary N) is 1. The molecule has 3 rings (SSSR count). The van der Waals surface area contributed by atoms with Gasteiger partial charge in [-0.3, -0.25) is 0 Å². The van der Waals surface area contributed by atoms with E-state index < -0.39 is 30.9 Å². The fourth-order valence-corrected chi connectivity index (χ4v) is 7.14. The van der Waals surface area contributed by atoms with Crippen molar-refractivity contribution in [1.29, 1.82) is 0 Å². The van der Waals surface area contributed by atoms with Crippen molar-refractivity contribution in [1.82, 2.24) is 4.13 Å². The molecule has 0 saturated carbocycles. The summed E-state index contributed by atoms with van der Waals surface area (Å²) in [4.78, 5) is 0.482. The number of hydrogen-bond acceptors (Lipinski definition) is 4. The third-order valence-electron chi connectivity index (χ3n) is 3.70. The predicted octanol–water partition coefficient (Wildman–Crippen LogP) is 3.44. The van der Waals surface area contributed by atoms with Crippen LogP contribution in [0.1, 0.15) is 5.56 Å². The Bertz CT molecular complexity index is 1190. The van der Waals surface area contributed by atoms with Gasteiger partial charge in [-0.1, -0.05) is 54.1 Å². The van der Waals surface area contributed by atoms with E-state index in [9.17, 15) is 16.8 Å². The quantitative estimate of drug-likeness (QED) is 0.643. The van der Waals surface area contributed by atoms with Gasteiger partial charge in [-0.05, 0) is 43.3 Å². The summed E-state index contributed by atoms with van der Waals surface area (Å²) in [5.74, 6) is 0. The van der Waals surface area contributed by atoms with E-state index in [2.05, 4.69) is 7.90 Å². The summed E-state index contributed by atoms with van der Waals surface area (Å²) in [6, 6.07) is 22.3. The molecule has 28 heavy (non-hydrogen) atoms. The molecule has 9 heteroatoms. The second-order valence-corrected chi connectivity index (χ2v) is 11.1. The van der Waals surface area contributed by atoms with Crippen molar-refractivity contribution in [2.45, 2.75) is 21.6 Å². The van der Waals surface area contributed by atoms with Gasteiger partial charge in [0.2, 0.25) is 0 Å². The fourth-order valence-electron chi connectivity index (χ4n) is 2.26. The molecule has 0 aliphatic heterocycles. The first kappa shape index (κ1) is 20.4. The maximum atomic E-state index is 12.7. The van der Waals surface area contributed by atoms with Crippen LogP contribution >= 0.6 is 0 Å². The lowest BCUT2D eigenvalue weighted by Crippen LogP contribution is -2.26. The first-order valence-corrected chi connectivity index (χ1v) is 12.3. The predicted molar refractivity (Wildman–Crippen MR) is 110 cm³/mol. The van der Waals surface area contributed by atoms with Crippen LogP contribution in [0.25, 0.3) is 0 Å². The van der Waals surface area contributed by atoms with E-state index in [-0.39, 0.29) is 9.79 Å². The zero-order valence-corrected chi connectivity index (χ0v) is 17.3. The van der Waals surface area contributed by atoms with Crippen LogP contribution in [0.15, 0.2) is 103 Å². The molecule has 0 radical (unpaired) electrons. The van der Waals surface area contributed by atoms with Gasteiger partial charge in [0, 0.05) is 15.8 Å². The zero-order chi connectivity index (χ0) is 20.2. The molecule has 6 nitrogen and oxygen atoms in total. The standard InChI is InChI=1S/C19H18N2O4S3/c1-16-12-14-17(15-13-16)26(20-27(22,23)18-8-4-2-5-9-18)21-28(24,25)19-10-6-3-7-11-19/h2-15H,1H3,(H,20,21). The summed E-state index contributed by atoms with van der Waals surface area (Å²) in [6.45, 7) is 1.88. The van der Waals surface area contributed by atoms with Crippen LogP contribution in [-0.4, -0.2) is 16.8 Å². The Hall–Kier alpha value is -2.33. The largest absolute Gasteiger partial charge is 0.289 e. The molecule has 0 amide bonds. The highest BCUT2D eigenvalue weighted by molar-refractivity contribution is 8.06. The molecule has 1 unspecified atom stereocenters. The molecule has 0 bridgehead atoms. The van der Waals surface area contributed by atoms with Crippen molar-refractivity contribution >= 4 is 30.9 Å². The van der Waals surface area contributed by atoms with E-state index in [0.29, 0.717) is 4.90 Å². The summed E-state index contributed by atoms with van der Waals surface area (Å²) >= 11 is 0. The van der Waals surface area contributed by atoms with Crippen molar-refractivity contribution in [3.63, 3.8) is 0 Å². The maximum Gasteiger partial charge on any atom is 0.289 e. The Morgan fingerprint density at radius 2 is 1.21 bits per heavy atom. The summed E-state index contributed by atoms with van der Waals surface area (Å²) < 4.78 is 57.2. The van der Waals surface area contributed by atoms with Crippen molar-refractivity contribution < 1.29 is 16.8 Å². The Morgan fingerprint density at radius 1 is 0.714 bits per heavy atom. The van der Waals surface area contributed by atoms with Crippen LogP contribution < -0.4 is 4.13 Å².